The van der Waals surface area contributed by atoms with Crippen molar-refractivity contribution >= 4 is 17.5 Å². The molecule has 2 aliphatic rings. The molecule has 3 nitrogen and oxygen atoms in total. The van der Waals surface area contributed by atoms with E-state index < -0.39 is 0 Å². The van der Waals surface area contributed by atoms with Gasteiger partial charge < -0.3 is 10.2 Å². The lowest BCUT2D eigenvalue weighted by Crippen LogP contribution is -2.42. The Labute approximate surface area is 112 Å². The Bertz CT molecular complexity index is 449. The van der Waals surface area contributed by atoms with Crippen LogP contribution in [0.15, 0.2) is 24.3 Å². The Morgan fingerprint density at radius 2 is 2.11 bits per heavy atom. The predicted molar refractivity (Wildman–Crippen MR) is 71.9 cm³/mol. The standard InChI is InChI=1S/C14H17ClN2O/c15-11-3-1-2-10(8-11)14(18)17-12-4-5-13(17)9-16-7-6-12/h1-3,8,12-13,16H,4-7,9H2. The highest BCUT2D eigenvalue weighted by Crippen LogP contribution is 2.29. The zero-order valence-electron chi connectivity index (χ0n) is 10.2. The zero-order chi connectivity index (χ0) is 12.5. The van der Waals surface area contributed by atoms with Crippen LogP contribution in [-0.2, 0) is 0 Å². The molecule has 2 aliphatic heterocycles. The zero-order valence-corrected chi connectivity index (χ0v) is 11.0. The summed E-state index contributed by atoms with van der Waals surface area (Å²) in [5, 5.41) is 4.03. The van der Waals surface area contributed by atoms with E-state index >= 15 is 0 Å². The first-order valence-corrected chi connectivity index (χ1v) is 6.92. The third-order valence-corrected chi connectivity index (χ3v) is 4.20. The van der Waals surface area contributed by atoms with Gasteiger partial charge in [0.2, 0.25) is 0 Å². The molecule has 0 aliphatic carbocycles. The van der Waals surface area contributed by atoms with Crippen LogP contribution in [0.25, 0.3) is 0 Å². The molecule has 1 N–H and O–H groups in total. The van der Waals surface area contributed by atoms with Gasteiger partial charge in [-0.05, 0) is 44.0 Å². The monoisotopic (exact) mass is 264 g/mol. The lowest BCUT2D eigenvalue weighted by atomic mass is 10.1. The quantitative estimate of drug-likeness (QED) is 0.844. The SMILES string of the molecule is O=C(c1cccc(Cl)c1)N1C2CCNCC1CC2. The van der Waals surface area contributed by atoms with Crippen LogP contribution < -0.4 is 5.32 Å². The third-order valence-electron chi connectivity index (χ3n) is 3.96. The van der Waals surface area contributed by atoms with Crippen LogP contribution in [0.3, 0.4) is 0 Å². The Kier molecular flexibility index (Phi) is 3.27. The van der Waals surface area contributed by atoms with Crippen LogP contribution in [0.1, 0.15) is 29.6 Å². The molecule has 4 heteroatoms. The summed E-state index contributed by atoms with van der Waals surface area (Å²) in [5.74, 6) is 0.133. The minimum atomic E-state index is 0.133. The molecule has 3 rings (SSSR count). The Morgan fingerprint density at radius 1 is 1.28 bits per heavy atom. The summed E-state index contributed by atoms with van der Waals surface area (Å²) in [4.78, 5) is 14.7. The molecule has 2 unspecified atom stereocenters. The number of hydrogen-bond acceptors (Lipinski definition) is 2. The predicted octanol–water partition coefficient (Wildman–Crippen LogP) is 2.31. The number of carbonyl (C=O) groups excluding carboxylic acids is 1. The minimum absolute atomic E-state index is 0.133. The van der Waals surface area contributed by atoms with E-state index in [9.17, 15) is 4.79 Å². The molecule has 2 saturated heterocycles. The highest BCUT2D eigenvalue weighted by Gasteiger charge is 2.38. The summed E-state index contributed by atoms with van der Waals surface area (Å²) >= 11 is 5.97. The molecule has 0 aromatic heterocycles. The van der Waals surface area contributed by atoms with Crippen LogP contribution in [0.5, 0.6) is 0 Å². The van der Waals surface area contributed by atoms with Gasteiger partial charge in [-0.25, -0.2) is 0 Å². The maximum Gasteiger partial charge on any atom is 0.254 e. The first-order valence-electron chi connectivity index (χ1n) is 6.54. The van der Waals surface area contributed by atoms with E-state index in [1.54, 1.807) is 12.1 Å². The van der Waals surface area contributed by atoms with E-state index in [1.807, 2.05) is 12.1 Å². The molecule has 0 saturated carbocycles. The first kappa shape index (κ1) is 12.0. The molecule has 0 spiro atoms. The van der Waals surface area contributed by atoms with Crippen LogP contribution >= 0.6 is 11.6 Å². The van der Waals surface area contributed by atoms with Gasteiger partial charge in [-0.2, -0.15) is 0 Å². The molecule has 1 aromatic carbocycles. The Hall–Kier alpha value is -1.06. The Morgan fingerprint density at radius 3 is 2.94 bits per heavy atom. The lowest BCUT2D eigenvalue weighted by Gasteiger charge is -2.28. The molecule has 2 bridgehead atoms. The molecule has 18 heavy (non-hydrogen) atoms. The van der Waals surface area contributed by atoms with Gasteiger partial charge in [0.25, 0.3) is 5.91 Å². The summed E-state index contributed by atoms with van der Waals surface area (Å²) in [5.41, 5.74) is 0.710. The van der Waals surface area contributed by atoms with Crippen molar-refractivity contribution in [3.05, 3.63) is 34.9 Å². The molecular formula is C14H17ClN2O. The number of carbonyl (C=O) groups is 1. The summed E-state index contributed by atoms with van der Waals surface area (Å²) in [6, 6.07) is 8.01. The minimum Gasteiger partial charge on any atom is -0.331 e. The molecule has 96 valence electrons. The largest absolute Gasteiger partial charge is 0.331 e. The number of nitrogens with one attached hydrogen (secondary N) is 1. The van der Waals surface area contributed by atoms with Crippen LogP contribution in [0.2, 0.25) is 5.02 Å². The number of rotatable bonds is 1. The van der Waals surface area contributed by atoms with Crippen LogP contribution in [0, 0.1) is 0 Å². The highest BCUT2D eigenvalue weighted by atomic mass is 35.5. The lowest BCUT2D eigenvalue weighted by molar-refractivity contribution is 0.0680. The number of fused-ring (bicyclic) bond motifs is 2. The fourth-order valence-electron chi connectivity index (χ4n) is 3.08. The van der Waals surface area contributed by atoms with Gasteiger partial charge in [0.1, 0.15) is 0 Å². The van der Waals surface area contributed by atoms with Crippen molar-refractivity contribution in [3.63, 3.8) is 0 Å². The number of amides is 1. The van der Waals surface area contributed by atoms with Gasteiger partial charge in [0.15, 0.2) is 0 Å². The van der Waals surface area contributed by atoms with E-state index in [4.69, 9.17) is 11.6 Å². The van der Waals surface area contributed by atoms with Crippen molar-refractivity contribution in [1.29, 1.82) is 0 Å². The van der Waals surface area contributed by atoms with Crippen molar-refractivity contribution < 1.29 is 4.79 Å². The number of halogens is 1. The summed E-state index contributed by atoms with van der Waals surface area (Å²) in [7, 11) is 0. The van der Waals surface area contributed by atoms with Crippen molar-refractivity contribution in [3.8, 4) is 0 Å². The van der Waals surface area contributed by atoms with Gasteiger partial charge >= 0.3 is 0 Å². The van der Waals surface area contributed by atoms with E-state index in [2.05, 4.69) is 10.2 Å². The molecule has 1 aromatic rings. The third kappa shape index (κ3) is 2.13. The van der Waals surface area contributed by atoms with Gasteiger partial charge in [-0.15, -0.1) is 0 Å². The normalized spacial score (nSPS) is 27.1. The van der Waals surface area contributed by atoms with Gasteiger partial charge in [-0.3, -0.25) is 4.79 Å². The first-order chi connectivity index (χ1) is 8.75. The van der Waals surface area contributed by atoms with E-state index in [0.29, 0.717) is 22.7 Å². The molecule has 2 atom stereocenters. The summed E-state index contributed by atoms with van der Waals surface area (Å²) in [6.45, 7) is 1.93. The number of hydrogen-bond donors (Lipinski definition) is 1. The molecule has 2 heterocycles. The highest BCUT2D eigenvalue weighted by molar-refractivity contribution is 6.30. The van der Waals surface area contributed by atoms with Crippen LogP contribution in [-0.4, -0.2) is 36.0 Å². The van der Waals surface area contributed by atoms with E-state index in [0.717, 1.165) is 32.4 Å². The molecular weight excluding hydrogens is 248 g/mol. The van der Waals surface area contributed by atoms with Crippen molar-refractivity contribution in [1.82, 2.24) is 10.2 Å². The number of benzene rings is 1. The van der Waals surface area contributed by atoms with E-state index in [1.165, 1.54) is 0 Å². The Balaban J connectivity index is 1.87. The number of nitrogens with zero attached hydrogens (tertiary/aromatic N) is 1. The van der Waals surface area contributed by atoms with Gasteiger partial charge in [0, 0.05) is 29.2 Å². The second kappa shape index (κ2) is 4.90. The topological polar surface area (TPSA) is 32.3 Å². The fourth-order valence-corrected chi connectivity index (χ4v) is 3.27. The van der Waals surface area contributed by atoms with Crippen molar-refractivity contribution in [2.75, 3.05) is 13.1 Å². The maximum atomic E-state index is 12.6. The maximum absolute atomic E-state index is 12.6. The fraction of sp³-hybridized carbons (Fsp3) is 0.500. The second-order valence-electron chi connectivity index (χ2n) is 5.10. The van der Waals surface area contributed by atoms with Gasteiger partial charge in [-0.1, -0.05) is 17.7 Å². The summed E-state index contributed by atoms with van der Waals surface area (Å²) in [6.07, 6.45) is 3.31. The average Bonchev–Trinajstić information content (AvgIpc) is 2.62. The van der Waals surface area contributed by atoms with Crippen molar-refractivity contribution in [2.45, 2.75) is 31.3 Å². The molecule has 0 radical (unpaired) electrons. The molecule has 2 fully saturated rings. The second-order valence-corrected chi connectivity index (χ2v) is 5.54. The average molecular weight is 265 g/mol. The van der Waals surface area contributed by atoms with Gasteiger partial charge in [0.05, 0.1) is 0 Å². The smallest absolute Gasteiger partial charge is 0.254 e. The van der Waals surface area contributed by atoms with E-state index in [-0.39, 0.29) is 5.91 Å². The molecule has 1 amide bonds. The van der Waals surface area contributed by atoms with Crippen molar-refractivity contribution in [2.24, 2.45) is 0 Å². The van der Waals surface area contributed by atoms with Crippen LogP contribution in [0.4, 0.5) is 0 Å². The summed E-state index contributed by atoms with van der Waals surface area (Å²) < 4.78 is 0.